The van der Waals surface area contributed by atoms with E-state index in [2.05, 4.69) is 13.2 Å². The Morgan fingerprint density at radius 1 is 0.905 bits per heavy atom. The molecule has 120 valence electrons. The molecule has 0 aliphatic rings. The fourth-order valence-corrected chi connectivity index (χ4v) is 2.96. The summed E-state index contributed by atoms with van der Waals surface area (Å²) in [4.78, 5) is 22.4. The standard InChI is InChI=1S/C16H26O5/c1-10(12(17)18)9-21-16(14(3,4)5,15(6,7)8)11(2)13(19)20/h1-2,9H2,3-8H3,(H,17,18)(H,19,20). The number of ether oxygens (including phenoxy) is 1. The first-order valence-corrected chi connectivity index (χ1v) is 6.66. The van der Waals surface area contributed by atoms with Crippen molar-refractivity contribution in [2.24, 2.45) is 10.8 Å². The first-order valence-electron chi connectivity index (χ1n) is 6.66. The van der Waals surface area contributed by atoms with Gasteiger partial charge in [-0.15, -0.1) is 0 Å². The van der Waals surface area contributed by atoms with E-state index in [0.717, 1.165) is 0 Å². The third-order valence-corrected chi connectivity index (χ3v) is 3.56. The van der Waals surface area contributed by atoms with Gasteiger partial charge in [0.15, 0.2) is 0 Å². The zero-order chi connectivity index (χ0) is 17.2. The fourth-order valence-electron chi connectivity index (χ4n) is 2.96. The van der Waals surface area contributed by atoms with Crippen LogP contribution in [0.4, 0.5) is 0 Å². The van der Waals surface area contributed by atoms with Crippen LogP contribution in [0.1, 0.15) is 41.5 Å². The number of hydrogen-bond acceptors (Lipinski definition) is 3. The highest BCUT2D eigenvalue weighted by molar-refractivity contribution is 5.89. The highest BCUT2D eigenvalue weighted by Crippen LogP contribution is 2.51. The predicted molar refractivity (Wildman–Crippen MR) is 81.1 cm³/mol. The van der Waals surface area contributed by atoms with E-state index < -0.39 is 28.4 Å². The lowest BCUT2D eigenvalue weighted by atomic mass is 9.59. The Morgan fingerprint density at radius 3 is 1.52 bits per heavy atom. The van der Waals surface area contributed by atoms with Gasteiger partial charge in [0, 0.05) is 0 Å². The van der Waals surface area contributed by atoms with Crippen LogP contribution in [0, 0.1) is 10.8 Å². The van der Waals surface area contributed by atoms with Crippen LogP contribution in [0.3, 0.4) is 0 Å². The molecule has 0 unspecified atom stereocenters. The third-order valence-electron chi connectivity index (χ3n) is 3.56. The molecule has 5 heteroatoms. The highest BCUT2D eigenvalue weighted by Gasteiger charge is 2.56. The average Bonchev–Trinajstić information content (AvgIpc) is 2.24. The van der Waals surface area contributed by atoms with Crippen LogP contribution in [0.25, 0.3) is 0 Å². The zero-order valence-electron chi connectivity index (χ0n) is 13.7. The van der Waals surface area contributed by atoms with Gasteiger partial charge in [-0.1, -0.05) is 54.7 Å². The normalized spacial score (nSPS) is 12.9. The van der Waals surface area contributed by atoms with Crippen LogP contribution in [-0.4, -0.2) is 34.4 Å². The van der Waals surface area contributed by atoms with E-state index in [9.17, 15) is 14.7 Å². The minimum Gasteiger partial charge on any atom is -0.478 e. The monoisotopic (exact) mass is 298 g/mol. The summed E-state index contributed by atoms with van der Waals surface area (Å²) in [6, 6.07) is 0. The maximum absolute atomic E-state index is 11.5. The van der Waals surface area contributed by atoms with Crippen molar-refractivity contribution in [1.82, 2.24) is 0 Å². The molecule has 0 saturated heterocycles. The van der Waals surface area contributed by atoms with Gasteiger partial charge in [-0.2, -0.15) is 0 Å². The molecule has 5 nitrogen and oxygen atoms in total. The third kappa shape index (κ3) is 3.73. The van der Waals surface area contributed by atoms with Crippen molar-refractivity contribution in [1.29, 1.82) is 0 Å². The van der Waals surface area contributed by atoms with Crippen LogP contribution in [0.15, 0.2) is 24.3 Å². The second-order valence-corrected chi connectivity index (χ2v) is 7.16. The molecule has 0 aromatic carbocycles. The van der Waals surface area contributed by atoms with Gasteiger partial charge in [-0.05, 0) is 10.8 Å². The topological polar surface area (TPSA) is 83.8 Å². The molecular formula is C16H26O5. The van der Waals surface area contributed by atoms with Crippen LogP contribution >= 0.6 is 0 Å². The number of carboxylic acid groups (broad SMARTS) is 2. The number of rotatable bonds is 6. The number of carbonyl (C=O) groups is 2. The highest BCUT2D eigenvalue weighted by atomic mass is 16.5. The zero-order valence-corrected chi connectivity index (χ0v) is 13.7. The molecule has 0 aromatic heterocycles. The Morgan fingerprint density at radius 2 is 1.29 bits per heavy atom. The van der Waals surface area contributed by atoms with E-state index >= 15 is 0 Å². The number of hydrogen-bond donors (Lipinski definition) is 2. The molecule has 0 spiro atoms. The number of carboxylic acids is 2. The molecule has 21 heavy (non-hydrogen) atoms. The predicted octanol–water partition coefficient (Wildman–Crippen LogP) is 3.12. The van der Waals surface area contributed by atoms with E-state index in [-0.39, 0.29) is 17.8 Å². The second kappa shape index (κ2) is 6.02. The Bertz CT molecular complexity index is 446. The quantitative estimate of drug-likeness (QED) is 0.736. The van der Waals surface area contributed by atoms with Crippen LogP contribution in [-0.2, 0) is 14.3 Å². The smallest absolute Gasteiger partial charge is 0.333 e. The van der Waals surface area contributed by atoms with Crippen LogP contribution in [0.2, 0.25) is 0 Å². The average molecular weight is 298 g/mol. The van der Waals surface area contributed by atoms with Crippen molar-refractivity contribution in [3.8, 4) is 0 Å². The molecule has 0 radical (unpaired) electrons. The Hall–Kier alpha value is -1.62. The van der Waals surface area contributed by atoms with Gasteiger partial charge in [-0.25, -0.2) is 9.59 Å². The maximum Gasteiger partial charge on any atom is 0.333 e. The first kappa shape index (κ1) is 19.4. The summed E-state index contributed by atoms with van der Waals surface area (Å²) in [7, 11) is 0. The van der Waals surface area contributed by atoms with E-state index in [0.29, 0.717) is 0 Å². The van der Waals surface area contributed by atoms with Crippen molar-refractivity contribution in [2.45, 2.75) is 47.1 Å². The minimum absolute atomic E-state index is 0.0966. The molecule has 0 bridgehead atoms. The lowest BCUT2D eigenvalue weighted by molar-refractivity contribution is -0.165. The summed E-state index contributed by atoms with van der Waals surface area (Å²) in [5.74, 6) is -2.34. The first-order chi connectivity index (χ1) is 9.18. The van der Waals surface area contributed by atoms with Gasteiger partial charge in [0.25, 0.3) is 0 Å². The van der Waals surface area contributed by atoms with Gasteiger partial charge in [-0.3, -0.25) is 0 Å². The minimum atomic E-state index is -1.25. The Labute approximate surface area is 126 Å². The molecule has 0 aliphatic carbocycles. The lowest BCUT2D eigenvalue weighted by Gasteiger charge is -2.53. The summed E-state index contributed by atoms with van der Waals surface area (Å²) in [5.41, 5.74) is -2.70. The van der Waals surface area contributed by atoms with E-state index in [1.54, 1.807) is 0 Å². The fraction of sp³-hybridized carbons (Fsp3) is 0.625. The molecule has 0 amide bonds. The molecule has 0 aromatic rings. The van der Waals surface area contributed by atoms with Gasteiger partial charge in [0.2, 0.25) is 0 Å². The van der Waals surface area contributed by atoms with Crippen molar-refractivity contribution in [3.05, 3.63) is 24.3 Å². The van der Waals surface area contributed by atoms with Crippen LogP contribution < -0.4 is 0 Å². The summed E-state index contributed by atoms with van der Waals surface area (Å²) >= 11 is 0. The maximum atomic E-state index is 11.5. The van der Waals surface area contributed by atoms with Crippen molar-refractivity contribution in [3.63, 3.8) is 0 Å². The molecule has 0 heterocycles. The van der Waals surface area contributed by atoms with Gasteiger partial charge in [0.1, 0.15) is 5.60 Å². The second-order valence-electron chi connectivity index (χ2n) is 7.16. The molecule has 0 rings (SSSR count). The Balaban J connectivity index is 5.96. The summed E-state index contributed by atoms with van der Waals surface area (Å²) in [6.45, 7) is 17.9. The Kier molecular flexibility index (Phi) is 5.55. The van der Waals surface area contributed by atoms with Crippen LogP contribution in [0.5, 0.6) is 0 Å². The van der Waals surface area contributed by atoms with Crippen molar-refractivity contribution in [2.75, 3.05) is 6.61 Å². The van der Waals surface area contributed by atoms with Crippen molar-refractivity contribution < 1.29 is 24.5 Å². The van der Waals surface area contributed by atoms with Gasteiger partial charge < -0.3 is 14.9 Å². The van der Waals surface area contributed by atoms with E-state index in [4.69, 9.17) is 9.84 Å². The molecule has 0 aliphatic heterocycles. The lowest BCUT2D eigenvalue weighted by Crippen LogP contribution is -2.58. The SMILES string of the molecule is C=C(COC(C(=C)C(=O)O)(C(C)(C)C)C(C)(C)C)C(=O)O. The molecular weight excluding hydrogens is 272 g/mol. The molecule has 0 saturated carbocycles. The molecule has 0 atom stereocenters. The number of aliphatic carboxylic acids is 2. The van der Waals surface area contributed by atoms with Crippen molar-refractivity contribution >= 4 is 11.9 Å². The largest absolute Gasteiger partial charge is 0.478 e. The van der Waals surface area contributed by atoms with Gasteiger partial charge in [0.05, 0.1) is 17.8 Å². The van der Waals surface area contributed by atoms with E-state index in [1.807, 2.05) is 41.5 Å². The summed E-state index contributed by atoms with van der Waals surface area (Å²) in [6.07, 6.45) is 0. The molecule has 2 N–H and O–H groups in total. The van der Waals surface area contributed by atoms with Gasteiger partial charge >= 0.3 is 11.9 Å². The van der Waals surface area contributed by atoms with E-state index in [1.165, 1.54) is 0 Å². The molecule has 0 fully saturated rings. The summed E-state index contributed by atoms with van der Waals surface area (Å²) in [5, 5.41) is 18.3. The summed E-state index contributed by atoms with van der Waals surface area (Å²) < 4.78 is 5.84.